The summed E-state index contributed by atoms with van der Waals surface area (Å²) in [4.78, 5) is 12.2. The van der Waals surface area contributed by atoms with Crippen molar-refractivity contribution in [1.82, 2.24) is 4.90 Å². The second kappa shape index (κ2) is 2.94. The standard InChI is InChI=1S/C8H15NO3/c1-8(2,3)9(7(10)11)4-6-5-12-6/h6H,4-5H2,1-3H3,(H,10,11)/t6-/m1/s1. The second-order valence-electron chi connectivity index (χ2n) is 4.02. The van der Waals surface area contributed by atoms with Crippen LogP contribution in [0.15, 0.2) is 0 Å². The molecule has 0 unspecified atom stereocenters. The molecular weight excluding hydrogens is 158 g/mol. The van der Waals surface area contributed by atoms with E-state index >= 15 is 0 Å². The summed E-state index contributed by atoms with van der Waals surface area (Å²) in [6.45, 7) is 6.81. The van der Waals surface area contributed by atoms with Gasteiger partial charge in [0.15, 0.2) is 0 Å². The Labute approximate surface area is 72.1 Å². The summed E-state index contributed by atoms with van der Waals surface area (Å²) >= 11 is 0. The lowest BCUT2D eigenvalue weighted by Crippen LogP contribution is -2.46. The molecule has 0 radical (unpaired) electrons. The Morgan fingerprint density at radius 3 is 2.42 bits per heavy atom. The predicted octanol–water partition coefficient (Wildman–Crippen LogP) is 1.16. The van der Waals surface area contributed by atoms with Gasteiger partial charge in [0.2, 0.25) is 0 Å². The molecular formula is C8H15NO3. The maximum atomic E-state index is 10.8. The molecule has 1 aliphatic rings. The zero-order valence-electron chi connectivity index (χ0n) is 7.70. The highest BCUT2D eigenvalue weighted by Gasteiger charge is 2.33. The van der Waals surface area contributed by atoms with E-state index in [1.165, 1.54) is 4.90 Å². The molecule has 0 aromatic carbocycles. The summed E-state index contributed by atoms with van der Waals surface area (Å²) in [5.74, 6) is 0. The van der Waals surface area contributed by atoms with Crippen molar-refractivity contribution < 1.29 is 14.6 Å². The Kier molecular flexibility index (Phi) is 2.28. The smallest absolute Gasteiger partial charge is 0.407 e. The molecule has 1 heterocycles. The van der Waals surface area contributed by atoms with Gasteiger partial charge in [-0.05, 0) is 20.8 Å². The molecule has 0 bridgehead atoms. The van der Waals surface area contributed by atoms with Crippen molar-refractivity contribution in [3.63, 3.8) is 0 Å². The summed E-state index contributed by atoms with van der Waals surface area (Å²) < 4.78 is 4.98. The van der Waals surface area contributed by atoms with Gasteiger partial charge in [-0.25, -0.2) is 4.79 Å². The minimum atomic E-state index is -0.877. The van der Waals surface area contributed by atoms with Crippen LogP contribution in [0.5, 0.6) is 0 Å². The minimum Gasteiger partial charge on any atom is -0.465 e. The van der Waals surface area contributed by atoms with Gasteiger partial charge in [0, 0.05) is 5.54 Å². The van der Waals surface area contributed by atoms with E-state index in [9.17, 15) is 4.79 Å². The third-order valence-electron chi connectivity index (χ3n) is 1.83. The lowest BCUT2D eigenvalue weighted by Gasteiger charge is -2.32. The molecule has 70 valence electrons. The lowest BCUT2D eigenvalue weighted by atomic mass is 10.1. The maximum Gasteiger partial charge on any atom is 0.407 e. The molecule has 0 spiro atoms. The Morgan fingerprint density at radius 1 is 1.67 bits per heavy atom. The molecule has 0 saturated carbocycles. The molecule has 0 aromatic heterocycles. The molecule has 1 fully saturated rings. The van der Waals surface area contributed by atoms with Crippen molar-refractivity contribution in [1.29, 1.82) is 0 Å². The Balaban J connectivity index is 2.53. The quantitative estimate of drug-likeness (QED) is 0.637. The molecule has 0 aromatic rings. The predicted molar refractivity (Wildman–Crippen MR) is 44.2 cm³/mol. The van der Waals surface area contributed by atoms with Crippen LogP contribution in [-0.4, -0.2) is 40.9 Å². The van der Waals surface area contributed by atoms with Crippen LogP contribution in [0.25, 0.3) is 0 Å². The first-order valence-electron chi connectivity index (χ1n) is 4.03. The number of rotatable bonds is 2. The van der Waals surface area contributed by atoms with Gasteiger partial charge in [-0.3, -0.25) is 0 Å². The molecule has 1 atom stereocenters. The highest BCUT2D eigenvalue weighted by Crippen LogP contribution is 2.18. The number of carboxylic acid groups (broad SMARTS) is 1. The zero-order chi connectivity index (χ0) is 9.35. The number of amides is 1. The van der Waals surface area contributed by atoms with Crippen LogP contribution in [0.3, 0.4) is 0 Å². The normalized spacial score (nSPS) is 22.1. The fourth-order valence-corrected chi connectivity index (χ4v) is 1.02. The average Bonchev–Trinajstić information content (AvgIpc) is 2.61. The van der Waals surface area contributed by atoms with Gasteiger partial charge < -0.3 is 14.7 Å². The van der Waals surface area contributed by atoms with E-state index in [-0.39, 0.29) is 11.6 Å². The third kappa shape index (κ3) is 2.37. The highest BCUT2D eigenvalue weighted by molar-refractivity contribution is 5.66. The first-order valence-corrected chi connectivity index (χ1v) is 4.03. The third-order valence-corrected chi connectivity index (χ3v) is 1.83. The summed E-state index contributed by atoms with van der Waals surface area (Å²) in [7, 11) is 0. The van der Waals surface area contributed by atoms with E-state index in [0.717, 1.165) is 0 Å². The summed E-state index contributed by atoms with van der Waals surface area (Å²) in [6.07, 6.45) is -0.752. The monoisotopic (exact) mass is 173 g/mol. The first kappa shape index (κ1) is 9.32. The average molecular weight is 173 g/mol. The molecule has 1 amide bonds. The highest BCUT2D eigenvalue weighted by atomic mass is 16.6. The van der Waals surface area contributed by atoms with Crippen LogP contribution < -0.4 is 0 Å². The van der Waals surface area contributed by atoms with E-state index in [2.05, 4.69) is 0 Å². The summed E-state index contributed by atoms with van der Waals surface area (Å²) in [5, 5.41) is 8.86. The van der Waals surface area contributed by atoms with Crippen molar-refractivity contribution >= 4 is 6.09 Å². The minimum absolute atomic E-state index is 0.125. The van der Waals surface area contributed by atoms with Crippen molar-refractivity contribution in [3.05, 3.63) is 0 Å². The van der Waals surface area contributed by atoms with Crippen LogP contribution in [-0.2, 0) is 4.74 Å². The Morgan fingerprint density at radius 2 is 2.17 bits per heavy atom. The topological polar surface area (TPSA) is 53.1 Å². The fraction of sp³-hybridized carbons (Fsp3) is 0.875. The van der Waals surface area contributed by atoms with E-state index in [1.807, 2.05) is 20.8 Å². The van der Waals surface area contributed by atoms with Gasteiger partial charge in [-0.2, -0.15) is 0 Å². The van der Waals surface area contributed by atoms with Crippen molar-refractivity contribution in [2.24, 2.45) is 0 Å². The summed E-state index contributed by atoms with van der Waals surface area (Å²) in [5.41, 5.74) is -0.336. The zero-order valence-corrected chi connectivity index (χ0v) is 7.70. The number of hydrogen-bond acceptors (Lipinski definition) is 2. The largest absolute Gasteiger partial charge is 0.465 e. The van der Waals surface area contributed by atoms with Gasteiger partial charge in [-0.15, -0.1) is 0 Å². The number of hydrogen-bond donors (Lipinski definition) is 1. The molecule has 0 aliphatic carbocycles. The van der Waals surface area contributed by atoms with Crippen LogP contribution in [0.1, 0.15) is 20.8 Å². The van der Waals surface area contributed by atoms with Gasteiger partial charge in [0.05, 0.1) is 19.3 Å². The van der Waals surface area contributed by atoms with Crippen LogP contribution in [0.4, 0.5) is 4.79 Å². The molecule has 4 heteroatoms. The van der Waals surface area contributed by atoms with Crippen molar-refractivity contribution in [2.75, 3.05) is 13.2 Å². The van der Waals surface area contributed by atoms with Gasteiger partial charge >= 0.3 is 6.09 Å². The van der Waals surface area contributed by atoms with Crippen LogP contribution in [0, 0.1) is 0 Å². The van der Waals surface area contributed by atoms with E-state index in [1.54, 1.807) is 0 Å². The molecule has 1 saturated heterocycles. The Hall–Kier alpha value is -0.770. The van der Waals surface area contributed by atoms with Gasteiger partial charge in [0.1, 0.15) is 0 Å². The van der Waals surface area contributed by atoms with Gasteiger partial charge in [-0.1, -0.05) is 0 Å². The SMILES string of the molecule is CC(C)(C)N(C[C@@H]1CO1)C(=O)O. The van der Waals surface area contributed by atoms with Crippen molar-refractivity contribution in [3.8, 4) is 0 Å². The molecule has 4 nitrogen and oxygen atoms in total. The van der Waals surface area contributed by atoms with Crippen LogP contribution in [0.2, 0.25) is 0 Å². The van der Waals surface area contributed by atoms with E-state index in [0.29, 0.717) is 13.2 Å². The number of nitrogens with zero attached hydrogens (tertiary/aromatic N) is 1. The van der Waals surface area contributed by atoms with E-state index in [4.69, 9.17) is 9.84 Å². The first-order chi connectivity index (χ1) is 5.41. The number of epoxide rings is 1. The molecule has 12 heavy (non-hydrogen) atoms. The van der Waals surface area contributed by atoms with Crippen molar-refractivity contribution in [2.45, 2.75) is 32.4 Å². The number of ether oxygens (including phenoxy) is 1. The number of carbonyl (C=O) groups is 1. The second-order valence-corrected chi connectivity index (χ2v) is 4.02. The van der Waals surface area contributed by atoms with Crippen LogP contribution >= 0.6 is 0 Å². The fourth-order valence-electron chi connectivity index (χ4n) is 1.02. The summed E-state index contributed by atoms with van der Waals surface area (Å²) in [6, 6.07) is 0. The maximum absolute atomic E-state index is 10.8. The van der Waals surface area contributed by atoms with E-state index < -0.39 is 6.09 Å². The lowest BCUT2D eigenvalue weighted by molar-refractivity contribution is 0.0948. The molecule has 1 N–H and O–H groups in total. The molecule has 1 rings (SSSR count). The molecule has 1 aliphatic heterocycles. The van der Waals surface area contributed by atoms with Gasteiger partial charge in [0.25, 0.3) is 0 Å². The Bertz CT molecular complexity index is 181.